The van der Waals surface area contributed by atoms with Crippen molar-refractivity contribution < 1.29 is 18.7 Å². The van der Waals surface area contributed by atoms with E-state index in [2.05, 4.69) is 20.7 Å². The Labute approximate surface area is 107 Å². The van der Waals surface area contributed by atoms with Crippen molar-refractivity contribution in [2.45, 2.75) is 6.92 Å². The molecule has 0 radical (unpaired) electrons. The van der Waals surface area contributed by atoms with Gasteiger partial charge in [-0.25, -0.2) is 4.79 Å². The molecule has 2 aromatic rings. The fraction of sp³-hybridized carbons (Fsp3) is 0.250. The molecule has 0 saturated carbocycles. The maximum atomic E-state index is 11.5. The van der Waals surface area contributed by atoms with Crippen LogP contribution in [0.15, 0.2) is 21.0 Å². The summed E-state index contributed by atoms with van der Waals surface area (Å²) in [5, 5.41) is 0.780. The molecule has 0 atom stereocenters. The van der Waals surface area contributed by atoms with Gasteiger partial charge in [0, 0.05) is 5.56 Å². The van der Waals surface area contributed by atoms with Gasteiger partial charge < -0.3 is 13.9 Å². The monoisotopic (exact) mass is 298 g/mol. The van der Waals surface area contributed by atoms with Gasteiger partial charge in [0.15, 0.2) is 5.58 Å². The highest BCUT2D eigenvalue weighted by molar-refractivity contribution is 9.10. The minimum absolute atomic E-state index is 0.202. The predicted molar refractivity (Wildman–Crippen MR) is 66.5 cm³/mol. The van der Waals surface area contributed by atoms with Crippen LogP contribution in [0.25, 0.3) is 11.0 Å². The number of hydrogen-bond donors (Lipinski definition) is 0. The first kappa shape index (κ1) is 12.0. The predicted octanol–water partition coefficient (Wildman–Crippen LogP) is 3.30. The zero-order valence-electron chi connectivity index (χ0n) is 9.67. The molecule has 0 unspecified atom stereocenters. The Morgan fingerprint density at radius 1 is 1.35 bits per heavy atom. The second-order valence-corrected chi connectivity index (χ2v) is 4.36. The Morgan fingerprint density at radius 2 is 2.06 bits per heavy atom. The van der Waals surface area contributed by atoms with E-state index in [0.29, 0.717) is 16.9 Å². The molecule has 0 bridgehead atoms. The number of carbonyl (C=O) groups excluding carboxylic acids is 1. The van der Waals surface area contributed by atoms with E-state index in [-0.39, 0.29) is 5.76 Å². The number of fused-ring (bicyclic) bond motifs is 1. The Bertz CT molecular complexity index is 586. The van der Waals surface area contributed by atoms with Crippen LogP contribution in [0.3, 0.4) is 0 Å². The van der Waals surface area contributed by atoms with E-state index >= 15 is 0 Å². The van der Waals surface area contributed by atoms with E-state index in [1.54, 1.807) is 14.0 Å². The van der Waals surface area contributed by atoms with Gasteiger partial charge in [0.1, 0.15) is 5.75 Å². The van der Waals surface area contributed by atoms with Crippen LogP contribution in [-0.2, 0) is 4.74 Å². The highest BCUT2D eigenvalue weighted by atomic mass is 79.9. The molecule has 5 heteroatoms. The van der Waals surface area contributed by atoms with E-state index in [4.69, 9.17) is 9.15 Å². The molecule has 17 heavy (non-hydrogen) atoms. The van der Waals surface area contributed by atoms with Crippen LogP contribution in [0, 0.1) is 6.92 Å². The molecule has 1 aromatic carbocycles. The molecule has 90 valence electrons. The van der Waals surface area contributed by atoms with Gasteiger partial charge in [0.25, 0.3) is 0 Å². The molecule has 0 N–H and O–H groups in total. The van der Waals surface area contributed by atoms with Gasteiger partial charge in [-0.15, -0.1) is 0 Å². The number of carbonyl (C=O) groups is 1. The minimum atomic E-state index is -0.493. The molecular weight excluding hydrogens is 288 g/mol. The maximum absolute atomic E-state index is 11.5. The molecule has 1 aromatic heterocycles. The molecule has 0 aliphatic carbocycles. The fourth-order valence-electron chi connectivity index (χ4n) is 1.74. The first-order valence-electron chi connectivity index (χ1n) is 4.94. The smallest absolute Gasteiger partial charge is 0.374 e. The van der Waals surface area contributed by atoms with Gasteiger partial charge in [-0.3, -0.25) is 0 Å². The van der Waals surface area contributed by atoms with E-state index in [0.717, 1.165) is 9.86 Å². The quantitative estimate of drug-likeness (QED) is 0.798. The lowest BCUT2D eigenvalue weighted by Crippen LogP contribution is -2.00. The van der Waals surface area contributed by atoms with Crippen LogP contribution >= 0.6 is 15.9 Å². The van der Waals surface area contributed by atoms with E-state index < -0.39 is 5.97 Å². The number of ether oxygens (including phenoxy) is 2. The highest BCUT2D eigenvalue weighted by Gasteiger charge is 2.22. The zero-order valence-corrected chi connectivity index (χ0v) is 11.3. The SMILES string of the molecule is COC(=O)c1oc2c(Br)ccc(OC)c2c1C. The second-order valence-electron chi connectivity index (χ2n) is 3.50. The van der Waals surface area contributed by atoms with Gasteiger partial charge in [-0.05, 0) is 35.0 Å². The van der Waals surface area contributed by atoms with Gasteiger partial charge in [-0.2, -0.15) is 0 Å². The van der Waals surface area contributed by atoms with Crippen LogP contribution in [-0.4, -0.2) is 20.2 Å². The molecule has 4 nitrogen and oxygen atoms in total. The summed E-state index contributed by atoms with van der Waals surface area (Å²) in [6.45, 7) is 1.80. The minimum Gasteiger partial charge on any atom is -0.496 e. The maximum Gasteiger partial charge on any atom is 0.374 e. The number of halogens is 1. The first-order chi connectivity index (χ1) is 8.10. The number of rotatable bonds is 2. The average molecular weight is 299 g/mol. The largest absolute Gasteiger partial charge is 0.496 e. The van der Waals surface area contributed by atoms with Gasteiger partial charge in [0.2, 0.25) is 5.76 Å². The summed E-state index contributed by atoms with van der Waals surface area (Å²) < 4.78 is 16.2. The van der Waals surface area contributed by atoms with Gasteiger partial charge >= 0.3 is 5.97 Å². The zero-order chi connectivity index (χ0) is 12.6. The molecule has 2 rings (SSSR count). The summed E-state index contributed by atoms with van der Waals surface area (Å²) >= 11 is 3.38. The van der Waals surface area contributed by atoms with Crippen molar-refractivity contribution in [3.05, 3.63) is 27.9 Å². The molecular formula is C12H11BrO4. The number of aryl methyl sites for hydroxylation is 1. The molecule has 0 saturated heterocycles. The summed E-state index contributed by atoms with van der Waals surface area (Å²) in [6, 6.07) is 3.63. The van der Waals surface area contributed by atoms with Crippen LogP contribution in [0.1, 0.15) is 16.1 Å². The summed E-state index contributed by atoms with van der Waals surface area (Å²) in [5.74, 6) is 0.375. The topological polar surface area (TPSA) is 48.7 Å². The molecule has 0 spiro atoms. The Morgan fingerprint density at radius 3 is 2.65 bits per heavy atom. The Kier molecular flexibility index (Phi) is 3.11. The lowest BCUT2D eigenvalue weighted by atomic mass is 10.1. The molecule has 0 amide bonds. The molecule has 0 aliphatic heterocycles. The van der Waals surface area contributed by atoms with Gasteiger partial charge in [0.05, 0.1) is 24.1 Å². The van der Waals surface area contributed by atoms with Gasteiger partial charge in [-0.1, -0.05) is 0 Å². The third-order valence-corrected chi connectivity index (χ3v) is 3.21. The fourth-order valence-corrected chi connectivity index (χ4v) is 2.16. The van der Waals surface area contributed by atoms with Crippen molar-refractivity contribution in [1.82, 2.24) is 0 Å². The normalized spacial score (nSPS) is 10.6. The summed E-state index contributed by atoms with van der Waals surface area (Å²) in [6.07, 6.45) is 0. The number of esters is 1. The lowest BCUT2D eigenvalue weighted by Gasteiger charge is -2.02. The van der Waals surface area contributed by atoms with Crippen molar-refractivity contribution in [2.24, 2.45) is 0 Å². The number of hydrogen-bond acceptors (Lipinski definition) is 4. The van der Waals surface area contributed by atoms with Crippen molar-refractivity contribution >= 4 is 32.9 Å². The summed E-state index contributed by atoms with van der Waals surface area (Å²) in [5.41, 5.74) is 1.30. The first-order valence-corrected chi connectivity index (χ1v) is 5.73. The second kappa shape index (κ2) is 4.41. The Balaban J connectivity index is 2.81. The third kappa shape index (κ3) is 1.80. The van der Waals surface area contributed by atoms with Crippen molar-refractivity contribution in [3.8, 4) is 5.75 Å². The van der Waals surface area contributed by atoms with E-state index in [9.17, 15) is 4.79 Å². The Hall–Kier alpha value is -1.49. The lowest BCUT2D eigenvalue weighted by molar-refractivity contribution is 0.0566. The third-order valence-electron chi connectivity index (χ3n) is 2.58. The standard InChI is InChI=1S/C12H11BrO4/c1-6-9-8(15-2)5-4-7(13)11(9)17-10(6)12(14)16-3/h4-5H,1-3H3. The summed E-state index contributed by atoms with van der Waals surface area (Å²) in [7, 11) is 2.90. The number of methoxy groups -OCH3 is 2. The van der Waals surface area contributed by atoms with Crippen molar-refractivity contribution in [1.29, 1.82) is 0 Å². The van der Waals surface area contributed by atoms with Crippen LogP contribution in [0.5, 0.6) is 5.75 Å². The number of furan rings is 1. The average Bonchev–Trinajstić information content (AvgIpc) is 2.69. The highest BCUT2D eigenvalue weighted by Crippen LogP contribution is 2.37. The molecule has 1 heterocycles. The van der Waals surface area contributed by atoms with Crippen LogP contribution < -0.4 is 4.74 Å². The van der Waals surface area contributed by atoms with Crippen LogP contribution in [0.4, 0.5) is 0 Å². The summed E-state index contributed by atoms with van der Waals surface area (Å²) in [4.78, 5) is 11.5. The van der Waals surface area contributed by atoms with Crippen LogP contribution in [0.2, 0.25) is 0 Å². The number of benzene rings is 1. The van der Waals surface area contributed by atoms with Crippen molar-refractivity contribution in [3.63, 3.8) is 0 Å². The molecule has 0 aliphatic rings. The van der Waals surface area contributed by atoms with Crippen molar-refractivity contribution in [2.75, 3.05) is 14.2 Å². The molecule has 0 fully saturated rings. The van der Waals surface area contributed by atoms with E-state index in [1.807, 2.05) is 12.1 Å². The van der Waals surface area contributed by atoms with E-state index in [1.165, 1.54) is 7.11 Å².